The van der Waals surface area contributed by atoms with Crippen molar-refractivity contribution in [3.05, 3.63) is 46.5 Å². The van der Waals surface area contributed by atoms with E-state index in [0.29, 0.717) is 13.2 Å². The molecule has 0 amide bonds. The predicted molar refractivity (Wildman–Crippen MR) is 80.6 cm³/mol. The smallest absolute Gasteiger partial charge is 0.372 e. The summed E-state index contributed by atoms with van der Waals surface area (Å²) in [5.74, 6) is 0.320. The fourth-order valence-electron chi connectivity index (χ4n) is 1.68. The van der Waals surface area contributed by atoms with Gasteiger partial charge >= 0.3 is 5.69 Å². The summed E-state index contributed by atoms with van der Waals surface area (Å²) in [6.07, 6.45) is 2.89. The summed E-state index contributed by atoms with van der Waals surface area (Å²) >= 11 is 0. The molecule has 0 unspecified atom stereocenters. The molecule has 0 radical (unpaired) electrons. The molecule has 0 spiro atoms. The molecule has 0 aliphatic rings. The molecule has 0 atom stereocenters. The molecule has 0 aliphatic heterocycles. The number of hydrogen-bond acceptors (Lipinski definition) is 7. The lowest BCUT2D eigenvalue weighted by Gasteiger charge is -2.10. The molecular formula is C14H17N5O3. The Labute approximate surface area is 127 Å². The van der Waals surface area contributed by atoms with Gasteiger partial charge in [-0.25, -0.2) is 4.98 Å². The number of pyridine rings is 1. The van der Waals surface area contributed by atoms with E-state index in [4.69, 9.17) is 4.74 Å². The molecular weight excluding hydrogens is 286 g/mol. The molecule has 2 aromatic heterocycles. The number of nitrogens with one attached hydrogen (secondary N) is 1. The number of rotatable bonds is 7. The monoisotopic (exact) mass is 303 g/mol. The average Bonchev–Trinajstić information content (AvgIpc) is 2.51. The molecule has 8 nitrogen and oxygen atoms in total. The van der Waals surface area contributed by atoms with Crippen molar-refractivity contribution >= 4 is 11.5 Å². The third kappa shape index (κ3) is 4.11. The molecule has 0 aliphatic carbocycles. The molecule has 1 N–H and O–H groups in total. The van der Waals surface area contributed by atoms with Gasteiger partial charge in [-0.15, -0.1) is 0 Å². The number of nitro groups is 1. The zero-order valence-electron chi connectivity index (χ0n) is 12.4. The maximum atomic E-state index is 11.3. The van der Waals surface area contributed by atoms with E-state index in [9.17, 15) is 10.1 Å². The van der Waals surface area contributed by atoms with E-state index in [0.717, 1.165) is 5.69 Å². The second-order valence-electron chi connectivity index (χ2n) is 5.01. The molecule has 0 saturated heterocycles. The van der Waals surface area contributed by atoms with E-state index >= 15 is 0 Å². The summed E-state index contributed by atoms with van der Waals surface area (Å²) in [7, 11) is 0. The van der Waals surface area contributed by atoms with Gasteiger partial charge in [-0.3, -0.25) is 15.1 Å². The summed E-state index contributed by atoms with van der Waals surface area (Å²) in [5.41, 5.74) is 0.485. The van der Waals surface area contributed by atoms with Gasteiger partial charge in [0.05, 0.1) is 23.8 Å². The van der Waals surface area contributed by atoms with Crippen LogP contribution in [0.1, 0.15) is 19.5 Å². The van der Waals surface area contributed by atoms with Gasteiger partial charge < -0.3 is 10.1 Å². The van der Waals surface area contributed by atoms with E-state index in [1.54, 1.807) is 12.3 Å². The Morgan fingerprint density at radius 2 is 2.14 bits per heavy atom. The molecule has 0 saturated carbocycles. The first-order valence-electron chi connectivity index (χ1n) is 6.84. The Morgan fingerprint density at radius 1 is 1.32 bits per heavy atom. The summed E-state index contributed by atoms with van der Waals surface area (Å²) in [6.45, 7) is 4.57. The van der Waals surface area contributed by atoms with Crippen LogP contribution < -0.4 is 10.1 Å². The minimum Gasteiger partial charge on any atom is -0.472 e. The molecule has 2 aromatic rings. The van der Waals surface area contributed by atoms with Crippen molar-refractivity contribution in [1.29, 1.82) is 0 Å². The molecule has 0 aromatic carbocycles. The van der Waals surface area contributed by atoms with E-state index in [2.05, 4.69) is 20.3 Å². The number of anilines is 1. The summed E-state index contributed by atoms with van der Waals surface area (Å²) in [5, 5.41) is 14.2. The van der Waals surface area contributed by atoms with E-state index in [1.165, 1.54) is 6.33 Å². The maximum Gasteiger partial charge on any atom is 0.372 e. The van der Waals surface area contributed by atoms with Gasteiger partial charge in [-0.05, 0) is 18.1 Å². The second kappa shape index (κ2) is 7.30. The number of ether oxygens (including phenoxy) is 1. The van der Waals surface area contributed by atoms with Crippen LogP contribution in [0.15, 0.2) is 30.7 Å². The zero-order valence-corrected chi connectivity index (χ0v) is 12.4. The Hall–Kier alpha value is -2.77. The van der Waals surface area contributed by atoms with Crippen molar-refractivity contribution in [3.63, 3.8) is 0 Å². The SMILES string of the molecule is CC(C)COc1ncnc(NCc2ccccn2)c1[N+](=O)[O-]. The molecule has 0 bridgehead atoms. The number of nitrogens with zero attached hydrogens (tertiary/aromatic N) is 4. The number of aromatic nitrogens is 3. The molecule has 116 valence electrons. The van der Waals surface area contributed by atoms with Crippen molar-refractivity contribution < 1.29 is 9.66 Å². The fraction of sp³-hybridized carbons (Fsp3) is 0.357. The summed E-state index contributed by atoms with van der Waals surface area (Å²) < 4.78 is 5.40. The average molecular weight is 303 g/mol. The third-order valence-corrected chi connectivity index (χ3v) is 2.69. The van der Waals surface area contributed by atoms with Crippen LogP contribution in [0.25, 0.3) is 0 Å². The summed E-state index contributed by atoms with van der Waals surface area (Å²) in [6, 6.07) is 5.46. The molecule has 0 fully saturated rings. The lowest BCUT2D eigenvalue weighted by molar-refractivity contribution is -0.385. The highest BCUT2D eigenvalue weighted by Crippen LogP contribution is 2.31. The lowest BCUT2D eigenvalue weighted by Crippen LogP contribution is -2.11. The Morgan fingerprint density at radius 3 is 2.77 bits per heavy atom. The van der Waals surface area contributed by atoms with Gasteiger partial charge in [0.15, 0.2) is 0 Å². The quantitative estimate of drug-likeness (QED) is 0.618. The second-order valence-corrected chi connectivity index (χ2v) is 5.01. The van der Waals surface area contributed by atoms with E-state index in [-0.39, 0.29) is 23.3 Å². The number of hydrogen-bond donors (Lipinski definition) is 1. The Bertz CT molecular complexity index is 634. The van der Waals surface area contributed by atoms with Crippen LogP contribution in [0, 0.1) is 16.0 Å². The van der Waals surface area contributed by atoms with E-state index < -0.39 is 4.92 Å². The minimum atomic E-state index is -0.545. The lowest BCUT2D eigenvalue weighted by atomic mass is 10.2. The predicted octanol–water partition coefficient (Wildman–Crippen LogP) is 2.43. The Kier molecular flexibility index (Phi) is 5.18. The van der Waals surface area contributed by atoms with Gasteiger partial charge in [-0.2, -0.15) is 4.98 Å². The van der Waals surface area contributed by atoms with Crippen LogP contribution >= 0.6 is 0 Å². The third-order valence-electron chi connectivity index (χ3n) is 2.69. The summed E-state index contributed by atoms with van der Waals surface area (Å²) in [4.78, 5) is 22.7. The van der Waals surface area contributed by atoms with Gasteiger partial charge in [0, 0.05) is 6.20 Å². The van der Waals surface area contributed by atoms with Gasteiger partial charge in [0.25, 0.3) is 5.88 Å². The van der Waals surface area contributed by atoms with Crippen LogP contribution in [0.4, 0.5) is 11.5 Å². The van der Waals surface area contributed by atoms with Crippen LogP contribution in [0.3, 0.4) is 0 Å². The fourth-order valence-corrected chi connectivity index (χ4v) is 1.68. The van der Waals surface area contributed by atoms with Crippen molar-refractivity contribution in [2.75, 3.05) is 11.9 Å². The molecule has 22 heavy (non-hydrogen) atoms. The Balaban J connectivity index is 2.19. The molecule has 2 heterocycles. The molecule has 2 rings (SSSR count). The van der Waals surface area contributed by atoms with Gasteiger partial charge in [0.2, 0.25) is 5.82 Å². The highest BCUT2D eigenvalue weighted by atomic mass is 16.6. The molecule has 8 heteroatoms. The van der Waals surface area contributed by atoms with Gasteiger partial charge in [-0.1, -0.05) is 19.9 Å². The minimum absolute atomic E-state index is 0.0304. The van der Waals surface area contributed by atoms with Crippen LogP contribution in [-0.4, -0.2) is 26.5 Å². The van der Waals surface area contributed by atoms with Crippen LogP contribution in [0.2, 0.25) is 0 Å². The standard InChI is InChI=1S/C14H17N5O3/c1-10(2)8-22-14-12(19(20)21)13(17-9-18-14)16-7-11-5-3-4-6-15-11/h3-6,9-10H,7-8H2,1-2H3,(H,16,17,18). The first kappa shape index (κ1) is 15.6. The van der Waals surface area contributed by atoms with Crippen molar-refractivity contribution in [2.24, 2.45) is 5.92 Å². The van der Waals surface area contributed by atoms with Crippen molar-refractivity contribution in [2.45, 2.75) is 20.4 Å². The van der Waals surface area contributed by atoms with Crippen molar-refractivity contribution in [1.82, 2.24) is 15.0 Å². The first-order valence-corrected chi connectivity index (χ1v) is 6.84. The topological polar surface area (TPSA) is 103 Å². The maximum absolute atomic E-state index is 11.3. The van der Waals surface area contributed by atoms with E-state index in [1.807, 2.05) is 26.0 Å². The highest BCUT2D eigenvalue weighted by Gasteiger charge is 2.24. The zero-order chi connectivity index (χ0) is 15.9. The largest absolute Gasteiger partial charge is 0.472 e. The van der Waals surface area contributed by atoms with Gasteiger partial charge in [0.1, 0.15) is 6.33 Å². The van der Waals surface area contributed by atoms with Crippen LogP contribution in [-0.2, 0) is 6.54 Å². The normalized spacial score (nSPS) is 10.5. The first-order chi connectivity index (χ1) is 10.6. The van der Waals surface area contributed by atoms with Crippen molar-refractivity contribution in [3.8, 4) is 5.88 Å². The highest BCUT2D eigenvalue weighted by molar-refractivity contribution is 5.61. The van der Waals surface area contributed by atoms with Crippen LogP contribution in [0.5, 0.6) is 5.88 Å².